The maximum atomic E-state index is 12.2. The van der Waals surface area contributed by atoms with Crippen LogP contribution in [0.15, 0.2) is 0 Å². The fourth-order valence-corrected chi connectivity index (χ4v) is 5.02. The van der Waals surface area contributed by atoms with Crippen molar-refractivity contribution in [2.75, 3.05) is 32.7 Å². The van der Waals surface area contributed by atoms with E-state index >= 15 is 0 Å². The van der Waals surface area contributed by atoms with Crippen LogP contribution in [0.5, 0.6) is 0 Å². The third-order valence-electron chi connectivity index (χ3n) is 7.75. The van der Waals surface area contributed by atoms with Crippen LogP contribution < -0.4 is 27.4 Å². The Morgan fingerprint density at radius 1 is 0.550 bits per heavy atom. The zero-order valence-electron chi connectivity index (χ0n) is 26.6. The van der Waals surface area contributed by atoms with E-state index in [1.54, 1.807) is 0 Å². The minimum Gasteiger partial charge on any atom is -0.356 e. The highest BCUT2D eigenvalue weighted by molar-refractivity contribution is 5.81. The molecule has 7 heteroatoms. The van der Waals surface area contributed by atoms with Crippen LogP contribution in [-0.4, -0.2) is 50.6 Å². The fraction of sp³-hybridized carbons (Fsp3) is 0.939. The second-order valence-electron chi connectivity index (χ2n) is 11.7. The molecule has 0 rings (SSSR count). The van der Waals surface area contributed by atoms with Gasteiger partial charge >= 0.3 is 0 Å². The molecule has 0 aliphatic carbocycles. The van der Waals surface area contributed by atoms with Gasteiger partial charge < -0.3 is 27.4 Å². The van der Waals surface area contributed by atoms with Gasteiger partial charge in [0.1, 0.15) is 0 Å². The molecular formula is C33H69N5O2. The van der Waals surface area contributed by atoms with Gasteiger partial charge in [-0.05, 0) is 64.6 Å². The van der Waals surface area contributed by atoms with Gasteiger partial charge in [-0.3, -0.25) is 9.59 Å². The molecule has 40 heavy (non-hydrogen) atoms. The van der Waals surface area contributed by atoms with Crippen molar-refractivity contribution in [3.05, 3.63) is 0 Å². The SMILES string of the molecule is CCCCCCCCCCCCCCCC(=O)NCCCC[C@@H](N)C(=O)NCCCCCCCCNCCCN. The average Bonchev–Trinajstić information content (AvgIpc) is 2.95. The Morgan fingerprint density at radius 3 is 1.57 bits per heavy atom. The number of nitrogens with one attached hydrogen (secondary N) is 3. The molecule has 0 aromatic heterocycles. The van der Waals surface area contributed by atoms with E-state index in [-0.39, 0.29) is 11.8 Å². The molecule has 7 nitrogen and oxygen atoms in total. The second-order valence-corrected chi connectivity index (χ2v) is 11.7. The van der Waals surface area contributed by atoms with E-state index in [4.69, 9.17) is 11.5 Å². The van der Waals surface area contributed by atoms with Crippen molar-refractivity contribution >= 4 is 11.8 Å². The number of nitrogens with two attached hydrogens (primary N) is 2. The van der Waals surface area contributed by atoms with Crippen molar-refractivity contribution in [3.8, 4) is 0 Å². The highest BCUT2D eigenvalue weighted by atomic mass is 16.2. The summed E-state index contributed by atoms with van der Waals surface area (Å²) in [6, 6.07) is -0.451. The Hall–Kier alpha value is -1.18. The van der Waals surface area contributed by atoms with Crippen LogP contribution in [0.3, 0.4) is 0 Å². The van der Waals surface area contributed by atoms with E-state index in [2.05, 4.69) is 22.9 Å². The van der Waals surface area contributed by atoms with Gasteiger partial charge in [0.2, 0.25) is 11.8 Å². The van der Waals surface area contributed by atoms with Crippen LogP contribution >= 0.6 is 0 Å². The lowest BCUT2D eigenvalue weighted by atomic mass is 10.0. The van der Waals surface area contributed by atoms with Crippen molar-refractivity contribution in [2.24, 2.45) is 11.5 Å². The summed E-state index contributed by atoms with van der Waals surface area (Å²) in [5, 5.41) is 9.41. The molecule has 0 saturated heterocycles. The van der Waals surface area contributed by atoms with Crippen LogP contribution in [0.25, 0.3) is 0 Å². The molecule has 0 aliphatic heterocycles. The monoisotopic (exact) mass is 568 g/mol. The fourth-order valence-electron chi connectivity index (χ4n) is 5.02. The van der Waals surface area contributed by atoms with Crippen LogP contribution in [0.1, 0.15) is 161 Å². The number of amides is 2. The molecule has 0 fully saturated rings. The third-order valence-corrected chi connectivity index (χ3v) is 7.75. The Balaban J connectivity index is 3.38. The van der Waals surface area contributed by atoms with Crippen molar-refractivity contribution < 1.29 is 9.59 Å². The van der Waals surface area contributed by atoms with E-state index < -0.39 is 6.04 Å². The van der Waals surface area contributed by atoms with Crippen molar-refractivity contribution in [3.63, 3.8) is 0 Å². The van der Waals surface area contributed by atoms with E-state index in [0.29, 0.717) is 25.9 Å². The Bertz CT molecular complexity index is 547. The highest BCUT2D eigenvalue weighted by Gasteiger charge is 2.12. The molecule has 7 N–H and O–H groups in total. The summed E-state index contributed by atoms with van der Waals surface area (Å²) in [5.41, 5.74) is 11.5. The number of carbonyl (C=O) groups is 2. The van der Waals surface area contributed by atoms with Crippen LogP contribution in [-0.2, 0) is 9.59 Å². The lowest BCUT2D eigenvalue weighted by Gasteiger charge is -2.12. The van der Waals surface area contributed by atoms with Gasteiger partial charge in [-0.15, -0.1) is 0 Å². The molecule has 0 unspecified atom stereocenters. The molecule has 238 valence electrons. The molecule has 0 heterocycles. The lowest BCUT2D eigenvalue weighted by molar-refractivity contribution is -0.123. The highest BCUT2D eigenvalue weighted by Crippen LogP contribution is 2.13. The van der Waals surface area contributed by atoms with Gasteiger partial charge in [-0.1, -0.05) is 110 Å². The largest absolute Gasteiger partial charge is 0.356 e. The molecule has 0 aromatic rings. The normalized spacial score (nSPS) is 12.0. The first-order valence-electron chi connectivity index (χ1n) is 17.3. The first kappa shape index (κ1) is 38.8. The molecule has 0 saturated carbocycles. The van der Waals surface area contributed by atoms with Crippen molar-refractivity contribution in [2.45, 2.75) is 167 Å². The van der Waals surface area contributed by atoms with Gasteiger partial charge in [-0.2, -0.15) is 0 Å². The molecule has 0 spiro atoms. The Labute approximate surface area is 248 Å². The van der Waals surface area contributed by atoms with Gasteiger partial charge in [-0.25, -0.2) is 0 Å². The maximum absolute atomic E-state index is 12.2. The van der Waals surface area contributed by atoms with Crippen LogP contribution in [0.2, 0.25) is 0 Å². The molecular weight excluding hydrogens is 498 g/mol. The molecule has 0 aromatic carbocycles. The summed E-state index contributed by atoms with van der Waals surface area (Å²) >= 11 is 0. The predicted molar refractivity (Wildman–Crippen MR) is 172 cm³/mol. The summed E-state index contributed by atoms with van der Waals surface area (Å²) in [6.07, 6.45) is 28.3. The minimum atomic E-state index is -0.451. The lowest BCUT2D eigenvalue weighted by Crippen LogP contribution is -2.41. The Morgan fingerprint density at radius 2 is 1.00 bits per heavy atom. The first-order chi connectivity index (χ1) is 19.6. The predicted octanol–water partition coefficient (Wildman–Crippen LogP) is 6.48. The van der Waals surface area contributed by atoms with Crippen LogP contribution in [0, 0.1) is 0 Å². The second kappa shape index (κ2) is 32.3. The van der Waals surface area contributed by atoms with Gasteiger partial charge in [0.25, 0.3) is 0 Å². The smallest absolute Gasteiger partial charge is 0.236 e. The number of rotatable bonds is 32. The zero-order valence-corrected chi connectivity index (χ0v) is 26.6. The third kappa shape index (κ3) is 29.8. The van der Waals surface area contributed by atoms with E-state index in [1.165, 1.54) is 96.3 Å². The minimum absolute atomic E-state index is 0.0463. The van der Waals surface area contributed by atoms with Gasteiger partial charge in [0, 0.05) is 19.5 Å². The standard InChI is InChI=1S/C33H69N5O2/c1-2-3-4-5-6-7-8-9-10-11-12-15-18-25-32(39)37-29-22-19-24-31(35)33(40)38-30-21-17-14-13-16-20-27-36-28-23-26-34/h31,36H,2-30,34-35H2,1H3,(H,37,39)(H,38,40)/t31-/m1/s1. The summed E-state index contributed by atoms with van der Waals surface area (Å²) in [4.78, 5) is 24.2. The summed E-state index contributed by atoms with van der Waals surface area (Å²) in [7, 11) is 0. The number of unbranched alkanes of at least 4 members (excludes halogenated alkanes) is 18. The molecule has 0 bridgehead atoms. The number of hydrogen-bond acceptors (Lipinski definition) is 5. The molecule has 1 atom stereocenters. The van der Waals surface area contributed by atoms with Gasteiger partial charge in [0.05, 0.1) is 6.04 Å². The summed E-state index contributed by atoms with van der Waals surface area (Å²) in [5.74, 6) is 0.110. The average molecular weight is 568 g/mol. The quantitative estimate of drug-likeness (QED) is 0.0596. The van der Waals surface area contributed by atoms with Crippen molar-refractivity contribution in [1.29, 1.82) is 0 Å². The maximum Gasteiger partial charge on any atom is 0.236 e. The number of carbonyl (C=O) groups excluding carboxylic acids is 2. The molecule has 0 aliphatic rings. The summed E-state index contributed by atoms with van der Waals surface area (Å²) < 4.78 is 0. The van der Waals surface area contributed by atoms with E-state index in [0.717, 1.165) is 64.6 Å². The van der Waals surface area contributed by atoms with Crippen molar-refractivity contribution in [1.82, 2.24) is 16.0 Å². The molecule has 0 radical (unpaired) electrons. The summed E-state index contributed by atoms with van der Waals surface area (Å²) in [6.45, 7) is 6.52. The van der Waals surface area contributed by atoms with E-state index in [9.17, 15) is 9.59 Å². The van der Waals surface area contributed by atoms with Gasteiger partial charge in [0.15, 0.2) is 0 Å². The zero-order chi connectivity index (χ0) is 29.4. The molecule has 2 amide bonds. The Kier molecular flexibility index (Phi) is 31.4. The van der Waals surface area contributed by atoms with Crippen LogP contribution in [0.4, 0.5) is 0 Å². The number of hydrogen-bond donors (Lipinski definition) is 5. The van der Waals surface area contributed by atoms with E-state index in [1.807, 2.05) is 0 Å². The first-order valence-corrected chi connectivity index (χ1v) is 17.3. The topological polar surface area (TPSA) is 122 Å².